The number of rotatable bonds is 44. The summed E-state index contributed by atoms with van der Waals surface area (Å²) in [7, 11) is -2.65. The molecule has 0 fully saturated rings. The highest BCUT2D eigenvalue weighted by atomic mass is 31.2. The van der Waals surface area contributed by atoms with Crippen molar-refractivity contribution in [1.82, 2.24) is 5.32 Å². The maximum Gasteiger partial charge on any atom is 0.472 e. The summed E-state index contributed by atoms with van der Waals surface area (Å²) in [5.74, 6) is -0.813. The van der Waals surface area contributed by atoms with Crippen molar-refractivity contribution in [3.63, 3.8) is 0 Å². The normalized spacial score (nSPS) is 13.4. The molecule has 0 saturated heterocycles. The second-order valence-corrected chi connectivity index (χ2v) is 17.0. The van der Waals surface area contributed by atoms with Gasteiger partial charge in [0, 0.05) is 19.4 Å². The fourth-order valence-electron chi connectivity index (χ4n) is 6.53. The number of carbonyl (C=O) groups excluding carboxylic acids is 2. The van der Waals surface area contributed by atoms with E-state index in [9.17, 15) is 19.0 Å². The van der Waals surface area contributed by atoms with Gasteiger partial charge in [-0.1, -0.05) is 186 Å². The van der Waals surface area contributed by atoms with Crippen LogP contribution in [0.2, 0.25) is 0 Å². The van der Waals surface area contributed by atoms with Gasteiger partial charge in [-0.3, -0.25) is 18.6 Å². The van der Waals surface area contributed by atoms with E-state index in [1.807, 2.05) is 0 Å². The molecule has 330 valence electrons. The van der Waals surface area contributed by atoms with Crippen LogP contribution in [0, 0.1) is 0 Å². The lowest BCUT2D eigenvalue weighted by atomic mass is 10.0. The number of allylic oxidation sites excluding steroid dienone is 4. The summed E-state index contributed by atoms with van der Waals surface area (Å²) in [4.78, 5) is 35.1. The molecule has 0 aliphatic carbocycles. The Bertz CT molecular complexity index is 975. The first-order valence-electron chi connectivity index (χ1n) is 23.3. The monoisotopic (exact) mass is 814 g/mol. The number of likely N-dealkylation sites (N-methyl/N-ethyl adjacent to an activating group) is 1. The largest absolute Gasteiger partial charge is 0.472 e. The fraction of sp³-hybridized carbons (Fsp3) is 0.870. The van der Waals surface area contributed by atoms with E-state index in [2.05, 4.69) is 43.5 Å². The molecule has 0 aromatic heterocycles. The number of unbranched alkanes of at least 4 members (excludes halogenated alkanes) is 26. The third kappa shape index (κ3) is 42.1. The first kappa shape index (κ1) is 54.5. The fourth-order valence-corrected chi connectivity index (χ4v) is 7.28. The van der Waals surface area contributed by atoms with Crippen LogP contribution in [0.5, 0.6) is 0 Å². The number of esters is 2. The van der Waals surface area contributed by atoms with Crippen molar-refractivity contribution in [2.75, 3.05) is 33.4 Å². The number of hydrogen-bond acceptors (Lipinski definition) is 8. The zero-order valence-corrected chi connectivity index (χ0v) is 37.5. The third-order valence-corrected chi connectivity index (χ3v) is 11.1. The lowest BCUT2D eigenvalue weighted by Gasteiger charge is -2.20. The van der Waals surface area contributed by atoms with Gasteiger partial charge >= 0.3 is 19.8 Å². The van der Waals surface area contributed by atoms with Crippen LogP contribution in [-0.4, -0.2) is 56.3 Å². The van der Waals surface area contributed by atoms with Gasteiger partial charge in [-0.05, 0) is 52.0 Å². The Morgan fingerprint density at radius 2 is 0.964 bits per heavy atom. The van der Waals surface area contributed by atoms with Gasteiger partial charge in [0.05, 0.1) is 13.2 Å². The number of ether oxygens (including phenoxy) is 2. The number of phosphoric acid groups is 1. The molecular weight excluding hydrogens is 725 g/mol. The lowest BCUT2D eigenvalue weighted by molar-refractivity contribution is -0.161. The maximum atomic E-state index is 12.6. The van der Waals surface area contributed by atoms with Gasteiger partial charge in [0.2, 0.25) is 0 Å². The molecule has 0 aliphatic rings. The quantitative estimate of drug-likeness (QED) is 0.0268. The standard InChI is InChI=1S/C46H88NO8P/c1-4-6-8-10-12-14-16-18-20-21-22-23-25-26-28-30-32-34-36-38-45(48)52-42-44(43-54-56(50,51)53-41-40-47-3)55-46(49)39-37-35-33-31-29-27-24-19-17-15-13-11-9-7-5-2/h13,15,19,24,44,47H,4-12,14,16-18,20-23,25-43H2,1-3H3,(H,50,51)/b15-13-,24-19-. The van der Waals surface area contributed by atoms with E-state index in [-0.39, 0.29) is 32.0 Å². The minimum atomic E-state index is -4.35. The van der Waals surface area contributed by atoms with Crippen molar-refractivity contribution in [2.45, 2.75) is 225 Å². The molecule has 9 nitrogen and oxygen atoms in total. The van der Waals surface area contributed by atoms with Crippen molar-refractivity contribution in [3.05, 3.63) is 24.3 Å². The van der Waals surface area contributed by atoms with Crippen molar-refractivity contribution in [3.8, 4) is 0 Å². The molecule has 0 aromatic rings. The molecule has 0 radical (unpaired) electrons. The number of phosphoric ester groups is 1. The van der Waals surface area contributed by atoms with Crippen LogP contribution in [0.15, 0.2) is 24.3 Å². The second kappa shape index (κ2) is 43.1. The molecule has 56 heavy (non-hydrogen) atoms. The zero-order valence-electron chi connectivity index (χ0n) is 36.6. The number of nitrogens with one attached hydrogen (secondary N) is 1. The second-order valence-electron chi connectivity index (χ2n) is 15.6. The average molecular weight is 814 g/mol. The van der Waals surface area contributed by atoms with Gasteiger partial charge < -0.3 is 19.7 Å². The minimum absolute atomic E-state index is 0.0179. The van der Waals surface area contributed by atoms with Crippen LogP contribution >= 0.6 is 7.82 Å². The summed E-state index contributed by atoms with van der Waals surface area (Å²) in [6.45, 7) is 4.21. The lowest BCUT2D eigenvalue weighted by Crippen LogP contribution is -2.29. The van der Waals surface area contributed by atoms with E-state index in [4.69, 9.17) is 18.5 Å². The van der Waals surface area contributed by atoms with E-state index in [0.29, 0.717) is 13.0 Å². The van der Waals surface area contributed by atoms with Crippen LogP contribution in [0.3, 0.4) is 0 Å². The summed E-state index contributed by atoms with van der Waals surface area (Å²) in [6.07, 6.45) is 45.1. The average Bonchev–Trinajstić information content (AvgIpc) is 3.18. The summed E-state index contributed by atoms with van der Waals surface area (Å²) >= 11 is 0. The van der Waals surface area contributed by atoms with Crippen LogP contribution in [0.25, 0.3) is 0 Å². The van der Waals surface area contributed by atoms with Crippen molar-refractivity contribution >= 4 is 19.8 Å². The van der Waals surface area contributed by atoms with Crippen LogP contribution < -0.4 is 5.32 Å². The van der Waals surface area contributed by atoms with Gasteiger partial charge in [0.1, 0.15) is 6.61 Å². The predicted molar refractivity (Wildman–Crippen MR) is 234 cm³/mol. The molecule has 0 spiro atoms. The third-order valence-electron chi connectivity index (χ3n) is 10.1. The van der Waals surface area contributed by atoms with Gasteiger partial charge in [-0.25, -0.2) is 4.57 Å². The molecule has 0 aromatic carbocycles. The van der Waals surface area contributed by atoms with Crippen LogP contribution in [0.1, 0.15) is 219 Å². The summed E-state index contributed by atoms with van der Waals surface area (Å²) in [6, 6.07) is 0. The Balaban J connectivity index is 4.15. The first-order valence-corrected chi connectivity index (χ1v) is 24.8. The summed E-state index contributed by atoms with van der Waals surface area (Å²) in [5, 5.41) is 2.83. The molecular formula is C46H88NO8P. The highest BCUT2D eigenvalue weighted by Gasteiger charge is 2.26. The Kier molecular flexibility index (Phi) is 41.9. The minimum Gasteiger partial charge on any atom is -0.462 e. The van der Waals surface area contributed by atoms with Crippen molar-refractivity contribution < 1.29 is 37.6 Å². The molecule has 0 bridgehead atoms. The van der Waals surface area contributed by atoms with Gasteiger partial charge in [0.15, 0.2) is 6.10 Å². The first-order chi connectivity index (χ1) is 27.3. The maximum absolute atomic E-state index is 12.6. The molecule has 10 heteroatoms. The zero-order chi connectivity index (χ0) is 41.1. The molecule has 0 saturated carbocycles. The molecule has 2 N–H and O–H groups in total. The Morgan fingerprint density at radius 3 is 1.45 bits per heavy atom. The van der Waals surface area contributed by atoms with Crippen LogP contribution in [-0.2, 0) is 32.7 Å². The SMILES string of the molecule is CCCCC/C=C\C/C=C\CCCCCCCC(=O)OC(COC(=O)CCCCCCCCCCCCCCCCCCCCC)COP(=O)(O)OCCNC. The van der Waals surface area contributed by atoms with E-state index in [1.54, 1.807) is 7.05 Å². The highest BCUT2D eigenvalue weighted by molar-refractivity contribution is 7.47. The Hall–Kier alpha value is -1.51. The highest BCUT2D eigenvalue weighted by Crippen LogP contribution is 2.43. The van der Waals surface area contributed by atoms with Gasteiger partial charge in [-0.2, -0.15) is 0 Å². The van der Waals surface area contributed by atoms with Crippen molar-refractivity contribution in [2.24, 2.45) is 0 Å². The number of carbonyl (C=O) groups is 2. The van der Waals surface area contributed by atoms with Crippen LogP contribution in [0.4, 0.5) is 0 Å². The topological polar surface area (TPSA) is 120 Å². The predicted octanol–water partition coefficient (Wildman–Crippen LogP) is 13.4. The molecule has 0 heterocycles. The van der Waals surface area contributed by atoms with E-state index in [0.717, 1.165) is 57.8 Å². The Labute approximate surface area is 344 Å². The van der Waals surface area contributed by atoms with Crippen molar-refractivity contribution in [1.29, 1.82) is 0 Å². The smallest absolute Gasteiger partial charge is 0.462 e. The van der Waals surface area contributed by atoms with E-state index in [1.165, 1.54) is 128 Å². The number of hydrogen-bond donors (Lipinski definition) is 2. The van der Waals surface area contributed by atoms with Gasteiger partial charge in [-0.15, -0.1) is 0 Å². The van der Waals surface area contributed by atoms with E-state index < -0.39 is 26.5 Å². The molecule has 2 atom stereocenters. The summed E-state index contributed by atoms with van der Waals surface area (Å²) < 4.78 is 33.2. The van der Waals surface area contributed by atoms with E-state index >= 15 is 0 Å². The molecule has 0 aliphatic heterocycles. The summed E-state index contributed by atoms with van der Waals surface area (Å²) in [5.41, 5.74) is 0. The molecule has 2 unspecified atom stereocenters. The molecule has 0 amide bonds. The Morgan fingerprint density at radius 1 is 0.554 bits per heavy atom. The molecule has 0 rings (SSSR count). The van der Waals surface area contributed by atoms with Gasteiger partial charge in [0.25, 0.3) is 0 Å².